The number of carbonyl (C=O) groups is 1. The maximum absolute atomic E-state index is 14.1. The number of ether oxygens (including phenoxy) is 2. The Morgan fingerprint density at radius 1 is 1.02 bits per heavy atom. The van der Waals surface area contributed by atoms with Crippen molar-refractivity contribution in [2.45, 2.75) is 19.6 Å². The lowest BCUT2D eigenvalue weighted by atomic mass is 9.93. The first-order chi connectivity index (χ1) is 21.9. The van der Waals surface area contributed by atoms with Gasteiger partial charge in [0.15, 0.2) is 4.80 Å². The second kappa shape index (κ2) is 13.0. The van der Waals surface area contributed by atoms with Crippen molar-refractivity contribution in [2.24, 2.45) is 4.99 Å². The van der Waals surface area contributed by atoms with Gasteiger partial charge in [0, 0.05) is 5.56 Å². The molecule has 1 aliphatic rings. The highest BCUT2D eigenvalue weighted by Crippen LogP contribution is 2.35. The maximum atomic E-state index is 14.1. The van der Waals surface area contributed by atoms with Gasteiger partial charge in [0.1, 0.15) is 18.2 Å². The van der Waals surface area contributed by atoms with Crippen molar-refractivity contribution in [2.75, 3.05) is 6.61 Å². The molecule has 45 heavy (non-hydrogen) atoms. The molecule has 0 fully saturated rings. The van der Waals surface area contributed by atoms with Crippen LogP contribution in [-0.4, -0.2) is 17.1 Å². The van der Waals surface area contributed by atoms with Gasteiger partial charge in [-0.05, 0) is 66.1 Å². The number of hydrogen-bond acceptors (Lipinski definition) is 7. The summed E-state index contributed by atoms with van der Waals surface area (Å²) in [6.07, 6.45) is 1.76. The number of hydrogen-bond donors (Lipinski definition) is 0. The minimum Gasteiger partial charge on any atom is -0.489 e. The SMILES string of the molecule is CCOC(=O)C1=C(c2ccccc2)N=c2s/c(=C\c3cccc(OCc4ccc(C#N)cc4)c3)c(=O)n2[C@H]1c1ccc(F)cc1. The monoisotopic (exact) mass is 615 g/mol. The van der Waals surface area contributed by atoms with Crippen molar-refractivity contribution in [1.29, 1.82) is 5.26 Å². The van der Waals surface area contributed by atoms with Crippen LogP contribution in [0.4, 0.5) is 4.39 Å². The van der Waals surface area contributed by atoms with E-state index < -0.39 is 17.8 Å². The molecule has 6 rings (SSSR count). The molecule has 0 bridgehead atoms. The van der Waals surface area contributed by atoms with Gasteiger partial charge in [-0.1, -0.05) is 78.1 Å². The fourth-order valence-corrected chi connectivity index (χ4v) is 6.09. The highest BCUT2D eigenvalue weighted by atomic mass is 32.1. The van der Waals surface area contributed by atoms with E-state index in [1.807, 2.05) is 66.7 Å². The quantitative estimate of drug-likeness (QED) is 0.214. The average molecular weight is 616 g/mol. The van der Waals surface area contributed by atoms with Gasteiger partial charge in [-0.3, -0.25) is 9.36 Å². The summed E-state index contributed by atoms with van der Waals surface area (Å²) in [7, 11) is 0. The molecule has 0 saturated heterocycles. The number of carbonyl (C=O) groups excluding carboxylic acids is 1. The van der Waals surface area contributed by atoms with Gasteiger partial charge in [0.05, 0.1) is 40.1 Å². The van der Waals surface area contributed by atoms with E-state index in [4.69, 9.17) is 19.7 Å². The van der Waals surface area contributed by atoms with E-state index in [9.17, 15) is 14.0 Å². The highest BCUT2D eigenvalue weighted by Gasteiger charge is 2.35. The molecule has 0 spiro atoms. The van der Waals surface area contributed by atoms with Gasteiger partial charge in [0.2, 0.25) is 0 Å². The second-order valence-corrected chi connectivity index (χ2v) is 11.2. The topological polar surface area (TPSA) is 93.7 Å². The van der Waals surface area contributed by atoms with Crippen LogP contribution in [0.25, 0.3) is 11.8 Å². The molecule has 5 aromatic rings. The summed E-state index contributed by atoms with van der Waals surface area (Å²) in [6.45, 7) is 2.16. The smallest absolute Gasteiger partial charge is 0.338 e. The Hall–Kier alpha value is -5.59. The van der Waals surface area contributed by atoms with Gasteiger partial charge in [-0.15, -0.1) is 0 Å². The third kappa shape index (κ3) is 6.23. The molecule has 2 heterocycles. The highest BCUT2D eigenvalue weighted by molar-refractivity contribution is 7.07. The number of nitrogens with zero attached hydrogens (tertiary/aromatic N) is 3. The van der Waals surface area contributed by atoms with E-state index in [0.717, 1.165) is 11.1 Å². The molecule has 0 unspecified atom stereocenters. The Balaban J connectivity index is 1.45. The van der Waals surface area contributed by atoms with E-state index in [-0.39, 0.29) is 17.7 Å². The number of fused-ring (bicyclic) bond motifs is 1. The van der Waals surface area contributed by atoms with E-state index >= 15 is 0 Å². The van der Waals surface area contributed by atoms with Crippen molar-refractivity contribution in [3.8, 4) is 11.8 Å². The van der Waals surface area contributed by atoms with Crippen molar-refractivity contribution in [3.63, 3.8) is 0 Å². The molecule has 4 aromatic carbocycles. The minimum atomic E-state index is -0.889. The number of thiazole rings is 1. The first-order valence-electron chi connectivity index (χ1n) is 14.2. The molecule has 1 atom stereocenters. The molecule has 222 valence electrons. The number of nitriles is 1. The number of benzene rings is 4. The summed E-state index contributed by atoms with van der Waals surface area (Å²) in [5, 5.41) is 9.02. The lowest BCUT2D eigenvalue weighted by Crippen LogP contribution is -2.40. The van der Waals surface area contributed by atoms with Gasteiger partial charge < -0.3 is 9.47 Å². The molecule has 0 aliphatic carbocycles. The molecular formula is C36H26FN3O4S. The molecule has 1 aromatic heterocycles. The average Bonchev–Trinajstić information content (AvgIpc) is 3.38. The third-order valence-corrected chi connectivity index (χ3v) is 8.19. The predicted octanol–water partition coefficient (Wildman–Crippen LogP) is 5.53. The molecule has 0 radical (unpaired) electrons. The van der Waals surface area contributed by atoms with Crippen LogP contribution in [0.1, 0.15) is 40.8 Å². The van der Waals surface area contributed by atoms with Crippen LogP contribution in [0, 0.1) is 17.1 Å². The van der Waals surface area contributed by atoms with E-state index in [0.29, 0.717) is 44.1 Å². The van der Waals surface area contributed by atoms with E-state index in [1.165, 1.54) is 28.0 Å². The molecule has 1 aliphatic heterocycles. The Kier molecular flexibility index (Phi) is 8.49. The molecule has 0 saturated carbocycles. The van der Waals surface area contributed by atoms with Crippen LogP contribution in [0.2, 0.25) is 0 Å². The summed E-state index contributed by atoms with van der Waals surface area (Å²) in [4.78, 5) is 32.8. The summed E-state index contributed by atoms with van der Waals surface area (Å²) >= 11 is 1.20. The van der Waals surface area contributed by atoms with Crippen LogP contribution in [0.3, 0.4) is 0 Å². The summed E-state index contributed by atoms with van der Waals surface area (Å²) in [5.41, 5.74) is 3.73. The van der Waals surface area contributed by atoms with Crippen molar-refractivity contribution >= 4 is 29.1 Å². The largest absolute Gasteiger partial charge is 0.489 e. The number of rotatable bonds is 8. The Labute approximate surface area is 262 Å². The lowest BCUT2D eigenvalue weighted by molar-refractivity contribution is -0.138. The first-order valence-corrected chi connectivity index (χ1v) is 15.0. The molecular weight excluding hydrogens is 589 g/mol. The second-order valence-electron chi connectivity index (χ2n) is 10.2. The van der Waals surface area contributed by atoms with Gasteiger partial charge in [0.25, 0.3) is 5.56 Å². The Morgan fingerprint density at radius 3 is 2.49 bits per heavy atom. The third-order valence-electron chi connectivity index (χ3n) is 7.20. The number of esters is 1. The van der Waals surface area contributed by atoms with Crippen LogP contribution in [0.5, 0.6) is 5.75 Å². The van der Waals surface area contributed by atoms with Gasteiger partial charge in [-0.25, -0.2) is 14.2 Å². The zero-order valence-corrected chi connectivity index (χ0v) is 25.0. The van der Waals surface area contributed by atoms with Gasteiger partial charge >= 0.3 is 5.97 Å². The fraction of sp³-hybridized carbons (Fsp3) is 0.111. The number of aromatic nitrogens is 1. The lowest BCUT2D eigenvalue weighted by Gasteiger charge is -2.25. The molecule has 7 nitrogen and oxygen atoms in total. The van der Waals surface area contributed by atoms with Crippen molar-refractivity contribution < 1.29 is 18.7 Å². The van der Waals surface area contributed by atoms with Crippen LogP contribution >= 0.6 is 11.3 Å². The Bertz CT molecular complexity index is 2130. The molecule has 0 N–H and O–H groups in total. The fourth-order valence-electron chi connectivity index (χ4n) is 5.09. The van der Waals surface area contributed by atoms with Crippen molar-refractivity contribution in [3.05, 3.63) is 162 Å². The maximum Gasteiger partial charge on any atom is 0.338 e. The summed E-state index contributed by atoms with van der Waals surface area (Å²) in [5.74, 6) is -0.422. The first kappa shape index (κ1) is 29.5. The normalized spacial score (nSPS) is 14.3. The molecule has 9 heteroatoms. The van der Waals surface area contributed by atoms with Gasteiger partial charge in [-0.2, -0.15) is 5.26 Å². The van der Waals surface area contributed by atoms with Crippen LogP contribution in [0.15, 0.2) is 118 Å². The minimum absolute atomic E-state index is 0.133. The van der Waals surface area contributed by atoms with E-state index in [1.54, 1.807) is 37.3 Å². The summed E-state index contributed by atoms with van der Waals surface area (Å²) < 4.78 is 27.3. The van der Waals surface area contributed by atoms with E-state index in [2.05, 4.69) is 6.07 Å². The van der Waals surface area contributed by atoms with Crippen LogP contribution in [-0.2, 0) is 16.1 Å². The predicted molar refractivity (Wildman–Crippen MR) is 169 cm³/mol. The standard InChI is InChI=1S/C36H26FN3O4S/c1-2-43-35(42)31-32(26-8-4-3-5-9-26)39-36-40(33(31)27-15-17-28(37)18-16-27)34(41)30(45-36)20-25-7-6-10-29(19-25)44-22-24-13-11-23(21-38)12-14-24/h3-20,33H,2,22H2,1H3/b30-20-/t33-/m0/s1. The molecule has 0 amide bonds. The van der Waals surface area contributed by atoms with Crippen LogP contribution < -0.4 is 19.6 Å². The zero-order valence-electron chi connectivity index (χ0n) is 24.1. The summed E-state index contributed by atoms with van der Waals surface area (Å²) in [6, 6.07) is 30.7. The zero-order chi connectivity index (χ0) is 31.3. The number of halogens is 1. The van der Waals surface area contributed by atoms with Crippen molar-refractivity contribution in [1.82, 2.24) is 4.57 Å². The Morgan fingerprint density at radius 2 is 1.78 bits per heavy atom.